The highest BCUT2D eigenvalue weighted by Gasteiger charge is 2.33. The van der Waals surface area contributed by atoms with Crippen molar-refractivity contribution in [3.63, 3.8) is 0 Å². The molecule has 2 aromatic carbocycles. The van der Waals surface area contributed by atoms with Crippen molar-refractivity contribution in [2.75, 3.05) is 26.2 Å². The fourth-order valence-electron chi connectivity index (χ4n) is 4.01. The number of benzene rings is 2. The lowest BCUT2D eigenvalue weighted by molar-refractivity contribution is -0.135. The summed E-state index contributed by atoms with van der Waals surface area (Å²) in [7, 11) is 0. The van der Waals surface area contributed by atoms with E-state index in [2.05, 4.69) is 6.58 Å². The van der Waals surface area contributed by atoms with Gasteiger partial charge in [0, 0.05) is 28.6 Å². The zero-order valence-corrected chi connectivity index (χ0v) is 20.0. The molecule has 1 aromatic heterocycles. The van der Waals surface area contributed by atoms with E-state index in [1.807, 2.05) is 11.4 Å². The van der Waals surface area contributed by atoms with E-state index >= 15 is 0 Å². The molecule has 8 heteroatoms. The van der Waals surface area contributed by atoms with Gasteiger partial charge >= 0.3 is 0 Å². The fourth-order valence-corrected chi connectivity index (χ4v) is 5.13. The van der Waals surface area contributed by atoms with E-state index in [0.717, 1.165) is 12.0 Å². The molecule has 0 fully saturated rings. The third kappa shape index (κ3) is 5.48. The van der Waals surface area contributed by atoms with Crippen LogP contribution in [0.25, 0.3) is 0 Å². The van der Waals surface area contributed by atoms with E-state index in [4.69, 9.17) is 16.3 Å². The molecule has 2 amide bonds. The van der Waals surface area contributed by atoms with E-state index in [1.165, 1.54) is 21.9 Å². The predicted octanol–water partition coefficient (Wildman–Crippen LogP) is 5.37. The number of hydrogen-bond acceptors (Lipinski definition) is 4. The maximum absolute atomic E-state index is 13.5. The molecule has 0 saturated heterocycles. The van der Waals surface area contributed by atoms with E-state index in [9.17, 15) is 14.0 Å². The van der Waals surface area contributed by atoms with Gasteiger partial charge in [0.05, 0.1) is 6.04 Å². The van der Waals surface area contributed by atoms with Gasteiger partial charge in [-0.3, -0.25) is 9.59 Å². The molecule has 1 atom stereocenters. The molecule has 1 aliphatic rings. The van der Waals surface area contributed by atoms with Crippen LogP contribution in [0.1, 0.15) is 26.8 Å². The molecule has 1 unspecified atom stereocenters. The minimum absolute atomic E-state index is 0.0934. The lowest BCUT2D eigenvalue weighted by Gasteiger charge is -2.37. The zero-order valence-electron chi connectivity index (χ0n) is 18.5. The molecule has 5 nitrogen and oxygen atoms in total. The van der Waals surface area contributed by atoms with Gasteiger partial charge in [0.1, 0.15) is 24.7 Å². The van der Waals surface area contributed by atoms with Crippen molar-refractivity contribution in [2.24, 2.45) is 0 Å². The number of amides is 2. The van der Waals surface area contributed by atoms with Gasteiger partial charge in [-0.15, -0.1) is 17.9 Å². The number of thiophene rings is 1. The van der Waals surface area contributed by atoms with Crippen molar-refractivity contribution in [1.82, 2.24) is 9.80 Å². The summed E-state index contributed by atoms with van der Waals surface area (Å²) < 4.78 is 19.2. The quantitative estimate of drug-likeness (QED) is 0.392. The van der Waals surface area contributed by atoms with Gasteiger partial charge in [-0.1, -0.05) is 23.7 Å². The SMILES string of the molecule is C=CCN(CC(=O)N1CCc2sccc2C1COc1ccc(F)cc1)C(=O)c1cccc(Cl)c1. The van der Waals surface area contributed by atoms with E-state index in [-0.39, 0.29) is 43.4 Å². The number of hydrogen-bond donors (Lipinski definition) is 0. The first-order valence-electron chi connectivity index (χ1n) is 10.9. The lowest BCUT2D eigenvalue weighted by Crippen LogP contribution is -2.47. The molecular formula is C26H24ClFN2O3S. The summed E-state index contributed by atoms with van der Waals surface area (Å²) in [5.41, 5.74) is 1.46. The molecule has 0 radical (unpaired) electrons. The number of fused-ring (bicyclic) bond motifs is 1. The monoisotopic (exact) mass is 498 g/mol. The Hall–Kier alpha value is -3.16. The normalized spacial score (nSPS) is 14.9. The first-order valence-corrected chi connectivity index (χ1v) is 12.1. The highest BCUT2D eigenvalue weighted by atomic mass is 35.5. The van der Waals surface area contributed by atoms with E-state index < -0.39 is 0 Å². The van der Waals surface area contributed by atoms with Crippen LogP contribution >= 0.6 is 22.9 Å². The molecule has 1 aliphatic heterocycles. The van der Waals surface area contributed by atoms with Crippen LogP contribution in [0, 0.1) is 5.82 Å². The average Bonchev–Trinajstić information content (AvgIpc) is 3.32. The molecule has 176 valence electrons. The Morgan fingerprint density at radius 3 is 2.76 bits per heavy atom. The Morgan fingerprint density at radius 1 is 1.24 bits per heavy atom. The molecule has 0 N–H and O–H groups in total. The van der Waals surface area contributed by atoms with Crippen molar-refractivity contribution in [3.8, 4) is 5.75 Å². The summed E-state index contributed by atoms with van der Waals surface area (Å²) in [6.45, 7) is 4.62. The van der Waals surface area contributed by atoms with Crippen molar-refractivity contribution < 1.29 is 18.7 Å². The van der Waals surface area contributed by atoms with Crippen molar-refractivity contribution >= 4 is 34.8 Å². The fraction of sp³-hybridized carbons (Fsp3) is 0.231. The van der Waals surface area contributed by atoms with Crippen LogP contribution in [-0.4, -0.2) is 47.9 Å². The summed E-state index contributed by atoms with van der Waals surface area (Å²) in [6.07, 6.45) is 2.34. The van der Waals surface area contributed by atoms with Gasteiger partial charge < -0.3 is 14.5 Å². The van der Waals surface area contributed by atoms with Crippen LogP contribution < -0.4 is 4.74 Å². The molecule has 0 bridgehead atoms. The maximum Gasteiger partial charge on any atom is 0.254 e. The molecular weight excluding hydrogens is 475 g/mol. The van der Waals surface area contributed by atoms with Crippen molar-refractivity contribution in [2.45, 2.75) is 12.5 Å². The Labute approximate surface area is 207 Å². The van der Waals surface area contributed by atoms with Crippen LogP contribution in [0.15, 0.2) is 72.6 Å². The molecule has 3 aromatic rings. The average molecular weight is 499 g/mol. The zero-order chi connectivity index (χ0) is 24.1. The first kappa shape index (κ1) is 24.0. The van der Waals surface area contributed by atoms with Gasteiger partial charge in [0.2, 0.25) is 5.91 Å². The topological polar surface area (TPSA) is 49.9 Å². The third-order valence-corrected chi connectivity index (χ3v) is 6.90. The number of ether oxygens (including phenoxy) is 1. The predicted molar refractivity (Wildman–Crippen MR) is 132 cm³/mol. The Bertz CT molecular complexity index is 1180. The van der Waals surface area contributed by atoms with Gasteiger partial charge in [-0.2, -0.15) is 0 Å². The molecule has 4 rings (SSSR count). The second-order valence-corrected chi connectivity index (χ2v) is 9.34. The van der Waals surface area contributed by atoms with Gasteiger partial charge in [0.25, 0.3) is 5.91 Å². The summed E-state index contributed by atoms with van der Waals surface area (Å²) in [5.74, 6) is -0.279. The number of carbonyl (C=O) groups excluding carboxylic acids is 2. The standard InChI is InChI=1S/C26H24ClFN2O3S/c1-2-12-29(26(32)18-4-3-5-19(27)15-18)16-25(31)30-13-10-24-22(11-14-34-24)23(30)17-33-21-8-6-20(28)7-9-21/h2-9,11,14-15,23H,1,10,12-13,16-17H2. The second kappa shape index (κ2) is 10.8. The molecule has 2 heterocycles. The summed E-state index contributed by atoms with van der Waals surface area (Å²) in [4.78, 5) is 31.0. The summed E-state index contributed by atoms with van der Waals surface area (Å²) in [5, 5.41) is 2.46. The van der Waals surface area contributed by atoms with Crippen LogP contribution in [0.3, 0.4) is 0 Å². The van der Waals surface area contributed by atoms with Crippen LogP contribution in [0.2, 0.25) is 5.02 Å². The van der Waals surface area contributed by atoms with Gasteiger partial charge in [0.15, 0.2) is 0 Å². The van der Waals surface area contributed by atoms with Crippen molar-refractivity contribution in [3.05, 3.63) is 99.5 Å². The Kier molecular flexibility index (Phi) is 7.65. The highest BCUT2D eigenvalue weighted by molar-refractivity contribution is 7.10. The third-order valence-electron chi connectivity index (χ3n) is 5.67. The number of halogens is 2. The number of rotatable bonds is 8. The first-order chi connectivity index (χ1) is 16.5. The van der Waals surface area contributed by atoms with Gasteiger partial charge in [-0.05, 0) is 65.9 Å². The van der Waals surface area contributed by atoms with Crippen LogP contribution in [-0.2, 0) is 11.2 Å². The van der Waals surface area contributed by atoms with Crippen LogP contribution in [0.5, 0.6) is 5.75 Å². The largest absolute Gasteiger partial charge is 0.491 e. The molecule has 0 saturated carbocycles. The van der Waals surface area contributed by atoms with E-state index in [0.29, 0.717) is 22.9 Å². The van der Waals surface area contributed by atoms with Crippen molar-refractivity contribution in [1.29, 1.82) is 0 Å². The molecule has 0 aliphatic carbocycles. The number of nitrogens with zero attached hydrogens (tertiary/aromatic N) is 2. The van der Waals surface area contributed by atoms with Gasteiger partial charge in [-0.25, -0.2) is 4.39 Å². The van der Waals surface area contributed by atoms with E-state index in [1.54, 1.807) is 58.7 Å². The maximum atomic E-state index is 13.5. The molecule has 0 spiro atoms. The highest BCUT2D eigenvalue weighted by Crippen LogP contribution is 2.34. The second-order valence-electron chi connectivity index (χ2n) is 7.90. The smallest absolute Gasteiger partial charge is 0.254 e. The Balaban J connectivity index is 1.52. The Morgan fingerprint density at radius 2 is 2.03 bits per heavy atom. The minimum Gasteiger partial charge on any atom is -0.491 e. The van der Waals surface area contributed by atoms with Crippen LogP contribution in [0.4, 0.5) is 4.39 Å². The lowest BCUT2D eigenvalue weighted by atomic mass is 10.0. The minimum atomic E-state index is -0.339. The summed E-state index contributed by atoms with van der Waals surface area (Å²) >= 11 is 7.71. The number of carbonyl (C=O) groups is 2. The summed E-state index contributed by atoms with van der Waals surface area (Å²) in [6, 6.07) is 14.2. The molecule has 34 heavy (non-hydrogen) atoms.